The Hall–Kier alpha value is -1.93. The molecule has 0 atom stereocenters. The van der Waals surface area contributed by atoms with Gasteiger partial charge in [0.1, 0.15) is 0 Å². The van der Waals surface area contributed by atoms with Crippen molar-refractivity contribution < 1.29 is 15.0 Å². The molecule has 0 fully saturated rings. The van der Waals surface area contributed by atoms with E-state index < -0.39 is 11.1 Å². The highest BCUT2D eigenvalue weighted by molar-refractivity contribution is 7.80. The minimum absolute atomic E-state index is 0.313. The molecule has 0 saturated carbocycles. The summed E-state index contributed by atoms with van der Waals surface area (Å²) in [5.74, 6) is -0.488. The highest BCUT2D eigenvalue weighted by Crippen LogP contribution is 2.08. The fraction of sp³-hybridized carbons (Fsp3) is 0. The number of hydrogen-bond acceptors (Lipinski definition) is 3. The summed E-state index contributed by atoms with van der Waals surface area (Å²) in [6.45, 7) is 0. The number of rotatable bonds is 2. The molecule has 7 N–H and O–H groups in total. The predicted octanol–water partition coefficient (Wildman–Crippen LogP) is 0.828. The highest BCUT2D eigenvalue weighted by atomic mass is 32.1. The zero-order chi connectivity index (χ0) is 13.4. The van der Waals surface area contributed by atoms with Gasteiger partial charge in [0.15, 0.2) is 0 Å². The molecule has 0 spiro atoms. The van der Waals surface area contributed by atoms with Gasteiger partial charge in [0.05, 0.1) is 0 Å². The number of carbonyl (C=O) groups is 1. The van der Waals surface area contributed by atoms with Crippen molar-refractivity contribution in [3.05, 3.63) is 29.8 Å². The molecular weight excluding hydrogens is 262 g/mol. The van der Waals surface area contributed by atoms with E-state index in [-0.39, 0.29) is 5.17 Å². The summed E-state index contributed by atoms with van der Waals surface area (Å²) in [5.41, 5.74) is 10.4. The summed E-state index contributed by atoms with van der Waals surface area (Å²) in [5, 5.41) is 18.0. The lowest BCUT2D eigenvalue weighted by atomic mass is 10.2. The number of hydrogen-bond donors (Lipinski definition) is 5. The van der Waals surface area contributed by atoms with Crippen LogP contribution in [-0.2, 0) is 0 Å². The molecule has 1 aromatic carbocycles. The molecule has 92 valence electrons. The SMILES string of the molecule is NC(=O)c1ccc(NC(O)=S)cc1.NC(O)=S. The van der Waals surface area contributed by atoms with E-state index in [1.165, 1.54) is 0 Å². The van der Waals surface area contributed by atoms with Crippen molar-refractivity contribution in [2.45, 2.75) is 0 Å². The van der Waals surface area contributed by atoms with Crippen molar-refractivity contribution in [2.75, 3.05) is 5.32 Å². The number of thiocarbonyl (C=S) groups is 2. The third-order valence-corrected chi connectivity index (χ3v) is 1.52. The maximum absolute atomic E-state index is 10.7. The van der Waals surface area contributed by atoms with Crippen LogP contribution in [0.4, 0.5) is 5.69 Å². The van der Waals surface area contributed by atoms with Gasteiger partial charge in [-0.1, -0.05) is 0 Å². The molecule has 1 amide bonds. The van der Waals surface area contributed by atoms with Crippen LogP contribution >= 0.6 is 24.4 Å². The predicted molar refractivity (Wildman–Crippen MR) is 73.2 cm³/mol. The minimum atomic E-state index is -0.500. The van der Waals surface area contributed by atoms with Crippen LogP contribution in [0.25, 0.3) is 0 Å². The number of aliphatic hydroxyl groups excluding tert-OH is 2. The third-order valence-electron chi connectivity index (χ3n) is 1.42. The molecule has 0 aliphatic rings. The van der Waals surface area contributed by atoms with Gasteiger partial charge in [0.2, 0.25) is 5.91 Å². The van der Waals surface area contributed by atoms with Gasteiger partial charge in [-0.2, -0.15) is 0 Å². The number of primary amides is 1. The lowest BCUT2D eigenvalue weighted by Gasteiger charge is -2.02. The van der Waals surface area contributed by atoms with Gasteiger partial charge < -0.3 is 27.0 Å². The fourth-order valence-electron chi connectivity index (χ4n) is 0.841. The molecule has 0 saturated heterocycles. The summed E-state index contributed by atoms with van der Waals surface area (Å²) in [4.78, 5) is 10.7. The van der Waals surface area contributed by atoms with Gasteiger partial charge in [-0.05, 0) is 48.7 Å². The zero-order valence-electron chi connectivity index (χ0n) is 8.58. The fourth-order valence-corrected chi connectivity index (χ4v) is 0.959. The van der Waals surface area contributed by atoms with E-state index in [0.29, 0.717) is 11.3 Å². The highest BCUT2D eigenvalue weighted by Gasteiger charge is 1.99. The molecule has 0 aliphatic carbocycles. The molecule has 8 heteroatoms. The number of benzene rings is 1. The second kappa shape index (κ2) is 7.36. The van der Waals surface area contributed by atoms with Crippen molar-refractivity contribution in [3.8, 4) is 0 Å². The Labute approximate surface area is 108 Å². The first-order valence-corrected chi connectivity index (χ1v) is 5.02. The molecule has 1 aromatic rings. The van der Waals surface area contributed by atoms with E-state index in [0.717, 1.165) is 0 Å². The second-order valence-electron chi connectivity index (χ2n) is 2.71. The summed E-state index contributed by atoms with van der Waals surface area (Å²) >= 11 is 8.29. The van der Waals surface area contributed by atoms with Gasteiger partial charge in [-0.3, -0.25) is 4.79 Å². The first-order chi connectivity index (χ1) is 7.82. The summed E-state index contributed by atoms with van der Waals surface area (Å²) in [6, 6.07) is 6.29. The van der Waals surface area contributed by atoms with Gasteiger partial charge in [0.25, 0.3) is 10.3 Å². The maximum Gasteiger partial charge on any atom is 0.258 e. The lowest BCUT2D eigenvalue weighted by molar-refractivity contribution is 0.100. The normalized spacial score (nSPS) is 8.47. The van der Waals surface area contributed by atoms with Gasteiger partial charge in [-0.25, -0.2) is 0 Å². The number of anilines is 1. The van der Waals surface area contributed by atoms with Crippen LogP contribution in [0.3, 0.4) is 0 Å². The van der Waals surface area contributed by atoms with Crippen LogP contribution in [0.5, 0.6) is 0 Å². The van der Waals surface area contributed by atoms with E-state index in [9.17, 15) is 4.79 Å². The quantitative estimate of drug-likeness (QED) is 0.506. The van der Waals surface area contributed by atoms with Crippen LogP contribution in [0, 0.1) is 0 Å². The minimum Gasteiger partial charge on any atom is -0.487 e. The topological polar surface area (TPSA) is 122 Å². The average Bonchev–Trinajstić information content (AvgIpc) is 2.16. The Kier molecular flexibility index (Phi) is 6.53. The summed E-state index contributed by atoms with van der Waals surface area (Å²) < 4.78 is 0. The summed E-state index contributed by atoms with van der Waals surface area (Å²) in [6.07, 6.45) is 0. The Morgan fingerprint density at radius 2 is 1.53 bits per heavy atom. The molecule has 1 rings (SSSR count). The average molecular weight is 273 g/mol. The van der Waals surface area contributed by atoms with E-state index in [1.807, 2.05) is 0 Å². The smallest absolute Gasteiger partial charge is 0.258 e. The zero-order valence-corrected chi connectivity index (χ0v) is 10.2. The Morgan fingerprint density at radius 3 is 1.82 bits per heavy atom. The molecule has 0 aromatic heterocycles. The van der Waals surface area contributed by atoms with Crippen molar-refractivity contribution in [3.63, 3.8) is 0 Å². The van der Waals surface area contributed by atoms with Gasteiger partial charge in [-0.15, -0.1) is 0 Å². The van der Waals surface area contributed by atoms with E-state index in [1.54, 1.807) is 24.3 Å². The van der Waals surface area contributed by atoms with E-state index in [2.05, 4.69) is 35.5 Å². The standard InChI is InChI=1S/C8H8N2O2S.CH3NOS/c9-7(11)5-1-3-6(4-2-5)10-8(12)13;2-1(3)4/h1-4H,(H2,9,11)(H2,10,12,13);(H3,2,3,4). The molecule has 0 radical (unpaired) electrons. The van der Waals surface area contributed by atoms with Crippen LogP contribution in [0.1, 0.15) is 10.4 Å². The molecule has 0 unspecified atom stereocenters. The Morgan fingerprint density at radius 1 is 1.12 bits per heavy atom. The first-order valence-electron chi connectivity index (χ1n) is 4.21. The molecular formula is C9H11N3O3S2. The van der Waals surface area contributed by atoms with Crippen molar-refractivity contribution >= 4 is 46.4 Å². The van der Waals surface area contributed by atoms with Gasteiger partial charge in [0, 0.05) is 11.3 Å². The van der Waals surface area contributed by atoms with E-state index >= 15 is 0 Å². The monoisotopic (exact) mass is 273 g/mol. The molecule has 0 aliphatic heterocycles. The second-order valence-corrected chi connectivity index (χ2v) is 3.51. The lowest BCUT2D eigenvalue weighted by Crippen LogP contribution is -2.11. The van der Waals surface area contributed by atoms with Gasteiger partial charge >= 0.3 is 0 Å². The summed E-state index contributed by atoms with van der Waals surface area (Å²) in [7, 11) is 0. The Bertz CT molecular complexity index is 416. The Balaban J connectivity index is 0.000000557. The van der Waals surface area contributed by atoms with Crippen LogP contribution < -0.4 is 16.8 Å². The number of aliphatic hydroxyl groups is 2. The molecule has 0 bridgehead atoms. The maximum atomic E-state index is 10.7. The van der Waals surface area contributed by atoms with Crippen molar-refractivity contribution in [1.82, 2.24) is 0 Å². The molecule has 0 heterocycles. The van der Waals surface area contributed by atoms with Crippen molar-refractivity contribution in [1.29, 1.82) is 0 Å². The number of amides is 1. The number of carbonyl (C=O) groups excluding carboxylic acids is 1. The molecule has 6 nitrogen and oxygen atoms in total. The number of nitrogens with two attached hydrogens (primary N) is 2. The van der Waals surface area contributed by atoms with Crippen LogP contribution in [0.15, 0.2) is 24.3 Å². The first kappa shape index (κ1) is 15.1. The third kappa shape index (κ3) is 7.94. The van der Waals surface area contributed by atoms with Crippen LogP contribution in [0.2, 0.25) is 0 Å². The van der Waals surface area contributed by atoms with Crippen molar-refractivity contribution in [2.24, 2.45) is 11.5 Å². The molecule has 17 heavy (non-hydrogen) atoms. The number of nitrogens with one attached hydrogen (secondary N) is 1. The largest absolute Gasteiger partial charge is 0.487 e. The van der Waals surface area contributed by atoms with Crippen LogP contribution in [-0.4, -0.2) is 26.5 Å². The van der Waals surface area contributed by atoms with E-state index in [4.69, 9.17) is 15.9 Å².